The van der Waals surface area contributed by atoms with Gasteiger partial charge in [0, 0.05) is 6.61 Å². The fourth-order valence-corrected chi connectivity index (χ4v) is 2.42. The standard InChI is InChI=1S/C14H22N2O/c1-3-17-14(11-8-9-11)13(16-15)12-7-5-4-6-10(12)2/h4-7,11,13-14,16H,3,8-9,15H2,1-2H3. The van der Waals surface area contributed by atoms with E-state index >= 15 is 0 Å². The molecule has 1 aliphatic rings. The van der Waals surface area contributed by atoms with Gasteiger partial charge >= 0.3 is 0 Å². The molecule has 3 N–H and O–H groups in total. The van der Waals surface area contributed by atoms with E-state index in [1.165, 1.54) is 24.0 Å². The van der Waals surface area contributed by atoms with E-state index in [-0.39, 0.29) is 12.1 Å². The Bertz CT molecular complexity index is 363. The highest BCUT2D eigenvalue weighted by atomic mass is 16.5. The quantitative estimate of drug-likeness (QED) is 0.586. The van der Waals surface area contributed by atoms with E-state index in [0.29, 0.717) is 5.92 Å². The summed E-state index contributed by atoms with van der Waals surface area (Å²) in [6, 6.07) is 8.47. The van der Waals surface area contributed by atoms with Crippen LogP contribution in [0.4, 0.5) is 0 Å². The molecule has 2 unspecified atom stereocenters. The van der Waals surface area contributed by atoms with Crippen LogP contribution in [0.1, 0.15) is 36.9 Å². The molecule has 1 aromatic carbocycles. The van der Waals surface area contributed by atoms with E-state index in [9.17, 15) is 0 Å². The molecule has 0 heterocycles. The zero-order valence-corrected chi connectivity index (χ0v) is 10.6. The Morgan fingerprint density at radius 1 is 1.41 bits per heavy atom. The summed E-state index contributed by atoms with van der Waals surface area (Å²) in [5.74, 6) is 6.40. The van der Waals surface area contributed by atoms with Crippen molar-refractivity contribution in [3.05, 3.63) is 35.4 Å². The molecule has 0 radical (unpaired) electrons. The number of nitrogens with two attached hydrogens (primary N) is 1. The second kappa shape index (κ2) is 5.63. The van der Waals surface area contributed by atoms with Crippen molar-refractivity contribution in [1.82, 2.24) is 5.43 Å². The van der Waals surface area contributed by atoms with E-state index in [0.717, 1.165) is 6.61 Å². The Labute approximate surface area is 103 Å². The van der Waals surface area contributed by atoms with Gasteiger partial charge in [0.2, 0.25) is 0 Å². The number of rotatable bonds is 6. The van der Waals surface area contributed by atoms with Crippen LogP contribution in [0.25, 0.3) is 0 Å². The second-order valence-corrected chi connectivity index (χ2v) is 4.76. The van der Waals surface area contributed by atoms with Gasteiger partial charge in [0.25, 0.3) is 0 Å². The van der Waals surface area contributed by atoms with Crippen LogP contribution in [0, 0.1) is 12.8 Å². The van der Waals surface area contributed by atoms with Crippen LogP contribution in [-0.2, 0) is 4.74 Å². The number of hydrogen-bond acceptors (Lipinski definition) is 3. The van der Waals surface area contributed by atoms with Gasteiger partial charge in [-0.3, -0.25) is 11.3 Å². The molecule has 0 spiro atoms. The molecule has 2 atom stereocenters. The van der Waals surface area contributed by atoms with Gasteiger partial charge in [-0.05, 0) is 43.7 Å². The highest BCUT2D eigenvalue weighted by Crippen LogP contribution is 2.40. The normalized spacial score (nSPS) is 19.0. The molecule has 1 saturated carbocycles. The fraction of sp³-hybridized carbons (Fsp3) is 0.571. The summed E-state index contributed by atoms with van der Waals surface area (Å²) >= 11 is 0. The molecule has 1 aliphatic carbocycles. The Hall–Kier alpha value is -0.900. The van der Waals surface area contributed by atoms with Crippen molar-refractivity contribution in [1.29, 1.82) is 0 Å². The Morgan fingerprint density at radius 2 is 2.12 bits per heavy atom. The number of hydrazine groups is 1. The summed E-state index contributed by atoms with van der Waals surface area (Å²) in [4.78, 5) is 0. The first-order valence-electron chi connectivity index (χ1n) is 6.41. The molecule has 3 heteroatoms. The third kappa shape index (κ3) is 2.86. The van der Waals surface area contributed by atoms with Gasteiger partial charge in [-0.25, -0.2) is 0 Å². The smallest absolute Gasteiger partial charge is 0.0810 e. The van der Waals surface area contributed by atoms with Crippen molar-refractivity contribution in [3.63, 3.8) is 0 Å². The summed E-state index contributed by atoms with van der Waals surface area (Å²) in [6.07, 6.45) is 2.72. The van der Waals surface area contributed by atoms with Crippen molar-refractivity contribution < 1.29 is 4.74 Å². The SMILES string of the molecule is CCOC(C1CC1)C(NN)c1ccccc1C. The van der Waals surface area contributed by atoms with Crippen LogP contribution >= 0.6 is 0 Å². The largest absolute Gasteiger partial charge is 0.376 e. The molecular formula is C14H22N2O. The van der Waals surface area contributed by atoms with Crippen LogP contribution in [-0.4, -0.2) is 12.7 Å². The van der Waals surface area contributed by atoms with Crippen molar-refractivity contribution in [3.8, 4) is 0 Å². The van der Waals surface area contributed by atoms with Gasteiger partial charge in [0.1, 0.15) is 0 Å². The van der Waals surface area contributed by atoms with Crippen molar-refractivity contribution in [2.24, 2.45) is 11.8 Å². The van der Waals surface area contributed by atoms with Crippen LogP contribution in [0.5, 0.6) is 0 Å². The van der Waals surface area contributed by atoms with Gasteiger partial charge in [-0.1, -0.05) is 24.3 Å². The lowest BCUT2D eigenvalue weighted by Crippen LogP contribution is -2.39. The summed E-state index contributed by atoms with van der Waals surface area (Å²) in [5.41, 5.74) is 5.46. The molecule has 0 aromatic heterocycles. The van der Waals surface area contributed by atoms with E-state index < -0.39 is 0 Å². The van der Waals surface area contributed by atoms with Crippen molar-refractivity contribution in [2.45, 2.75) is 38.8 Å². The monoisotopic (exact) mass is 234 g/mol. The molecule has 0 aliphatic heterocycles. The highest BCUT2D eigenvalue weighted by Gasteiger charge is 2.37. The molecule has 0 bridgehead atoms. The first-order valence-corrected chi connectivity index (χ1v) is 6.41. The summed E-state index contributed by atoms with van der Waals surface area (Å²) in [5, 5.41) is 0. The van der Waals surface area contributed by atoms with E-state index in [1.807, 2.05) is 6.92 Å². The van der Waals surface area contributed by atoms with Gasteiger partial charge in [-0.15, -0.1) is 0 Å². The lowest BCUT2D eigenvalue weighted by atomic mass is 9.95. The molecule has 3 nitrogen and oxygen atoms in total. The van der Waals surface area contributed by atoms with Crippen LogP contribution in [0.15, 0.2) is 24.3 Å². The van der Waals surface area contributed by atoms with Crippen molar-refractivity contribution in [2.75, 3.05) is 6.61 Å². The summed E-state index contributed by atoms with van der Waals surface area (Å²) in [6.45, 7) is 4.90. The molecule has 2 rings (SSSR count). The minimum atomic E-state index is 0.101. The molecular weight excluding hydrogens is 212 g/mol. The number of benzene rings is 1. The topological polar surface area (TPSA) is 47.3 Å². The first kappa shape index (κ1) is 12.6. The highest BCUT2D eigenvalue weighted by molar-refractivity contribution is 5.30. The fourth-order valence-electron chi connectivity index (χ4n) is 2.42. The molecule has 1 fully saturated rings. The third-order valence-electron chi connectivity index (χ3n) is 3.48. The molecule has 0 saturated heterocycles. The van der Waals surface area contributed by atoms with Gasteiger partial charge in [-0.2, -0.15) is 0 Å². The summed E-state index contributed by atoms with van der Waals surface area (Å²) < 4.78 is 5.89. The van der Waals surface area contributed by atoms with E-state index in [4.69, 9.17) is 10.6 Å². The van der Waals surface area contributed by atoms with Crippen LogP contribution < -0.4 is 11.3 Å². The number of ether oxygens (including phenoxy) is 1. The maximum absolute atomic E-state index is 5.89. The average Bonchev–Trinajstić information content (AvgIpc) is 3.15. The van der Waals surface area contributed by atoms with Gasteiger partial charge < -0.3 is 4.74 Å². The minimum Gasteiger partial charge on any atom is -0.376 e. The molecule has 94 valence electrons. The first-order chi connectivity index (χ1) is 8.27. The second-order valence-electron chi connectivity index (χ2n) is 4.76. The lowest BCUT2D eigenvalue weighted by Gasteiger charge is -2.28. The van der Waals surface area contributed by atoms with Crippen LogP contribution in [0.3, 0.4) is 0 Å². The zero-order chi connectivity index (χ0) is 12.3. The molecule has 1 aromatic rings. The maximum atomic E-state index is 5.89. The average molecular weight is 234 g/mol. The maximum Gasteiger partial charge on any atom is 0.0810 e. The molecule has 17 heavy (non-hydrogen) atoms. The van der Waals surface area contributed by atoms with Gasteiger partial charge in [0.15, 0.2) is 0 Å². The Kier molecular flexibility index (Phi) is 4.15. The predicted molar refractivity (Wildman–Crippen MR) is 69.4 cm³/mol. The Morgan fingerprint density at radius 3 is 2.65 bits per heavy atom. The third-order valence-corrected chi connectivity index (χ3v) is 3.48. The van der Waals surface area contributed by atoms with E-state index in [2.05, 4.69) is 36.6 Å². The van der Waals surface area contributed by atoms with Gasteiger partial charge in [0.05, 0.1) is 12.1 Å². The number of aryl methyl sites for hydroxylation is 1. The Balaban J connectivity index is 2.21. The number of nitrogens with one attached hydrogen (secondary N) is 1. The predicted octanol–water partition coefficient (Wildman–Crippen LogP) is 2.31. The zero-order valence-electron chi connectivity index (χ0n) is 10.6. The van der Waals surface area contributed by atoms with Crippen molar-refractivity contribution >= 4 is 0 Å². The van der Waals surface area contributed by atoms with E-state index in [1.54, 1.807) is 0 Å². The van der Waals surface area contributed by atoms with Crippen LogP contribution in [0.2, 0.25) is 0 Å². The number of hydrogen-bond donors (Lipinski definition) is 2. The minimum absolute atomic E-state index is 0.101. The summed E-state index contributed by atoms with van der Waals surface area (Å²) in [7, 11) is 0. The lowest BCUT2D eigenvalue weighted by molar-refractivity contribution is 0.0184. The molecule has 0 amide bonds.